The third-order valence-electron chi connectivity index (χ3n) is 4.03. The maximum absolute atomic E-state index is 12.6. The largest absolute Gasteiger partial charge is 0.465 e. The number of carbonyl (C=O) groups excluding carboxylic acids is 1. The van der Waals surface area contributed by atoms with E-state index in [1.807, 2.05) is 25.1 Å². The van der Waals surface area contributed by atoms with Crippen LogP contribution in [0.1, 0.15) is 22.8 Å². The van der Waals surface area contributed by atoms with Crippen LogP contribution in [-0.4, -0.2) is 27.5 Å². The van der Waals surface area contributed by atoms with E-state index in [1.165, 1.54) is 36.1 Å². The number of fused-ring (bicyclic) bond motifs is 1. The van der Waals surface area contributed by atoms with Gasteiger partial charge in [0, 0.05) is 10.7 Å². The van der Waals surface area contributed by atoms with Gasteiger partial charge in [0.25, 0.3) is 0 Å². The zero-order valence-electron chi connectivity index (χ0n) is 14.4. The number of carbonyl (C=O) groups is 1. The molecule has 3 rings (SSSR count). The minimum absolute atomic E-state index is 0.118. The SMILES string of the molecule is COC(=O)c1ccc(S(=O)(=O)N[C@@H](C)Cc2csc3ccccc23)cc1. The Labute approximate surface area is 156 Å². The van der Waals surface area contributed by atoms with Crippen molar-refractivity contribution in [1.29, 1.82) is 0 Å². The number of esters is 1. The minimum Gasteiger partial charge on any atom is -0.465 e. The van der Waals surface area contributed by atoms with Crippen LogP contribution >= 0.6 is 11.3 Å². The lowest BCUT2D eigenvalue weighted by Gasteiger charge is -2.14. The van der Waals surface area contributed by atoms with Gasteiger partial charge in [0.15, 0.2) is 0 Å². The van der Waals surface area contributed by atoms with E-state index in [-0.39, 0.29) is 10.9 Å². The molecule has 0 aliphatic heterocycles. The standard InChI is InChI=1S/C19H19NO4S2/c1-13(11-15-12-25-18-6-4-3-5-17(15)18)20-26(22,23)16-9-7-14(8-10-16)19(21)24-2/h3-10,12-13,20H,11H2,1-2H3/t13-/m0/s1. The summed E-state index contributed by atoms with van der Waals surface area (Å²) in [7, 11) is -2.38. The van der Waals surface area contributed by atoms with Crippen molar-refractivity contribution < 1.29 is 17.9 Å². The molecule has 0 saturated carbocycles. The highest BCUT2D eigenvalue weighted by Gasteiger charge is 2.19. The summed E-state index contributed by atoms with van der Waals surface area (Å²) in [5.41, 5.74) is 1.44. The van der Waals surface area contributed by atoms with Crippen molar-refractivity contribution in [3.63, 3.8) is 0 Å². The van der Waals surface area contributed by atoms with Gasteiger partial charge in [0.2, 0.25) is 10.0 Å². The third-order valence-corrected chi connectivity index (χ3v) is 6.65. The summed E-state index contributed by atoms with van der Waals surface area (Å²) >= 11 is 1.66. The summed E-state index contributed by atoms with van der Waals surface area (Å²) in [5.74, 6) is -0.500. The molecule has 7 heteroatoms. The fourth-order valence-corrected chi connectivity index (χ4v) is 5.00. The number of hydrogen-bond acceptors (Lipinski definition) is 5. The van der Waals surface area contributed by atoms with Gasteiger partial charge in [-0.15, -0.1) is 11.3 Å². The molecule has 136 valence electrons. The number of rotatable bonds is 6. The number of hydrogen-bond donors (Lipinski definition) is 1. The van der Waals surface area contributed by atoms with Gasteiger partial charge in [-0.05, 0) is 60.0 Å². The van der Waals surface area contributed by atoms with Crippen LogP contribution in [0.25, 0.3) is 10.1 Å². The van der Waals surface area contributed by atoms with Crippen molar-refractivity contribution in [1.82, 2.24) is 4.72 Å². The predicted molar refractivity (Wildman–Crippen MR) is 103 cm³/mol. The molecule has 26 heavy (non-hydrogen) atoms. The highest BCUT2D eigenvalue weighted by atomic mass is 32.2. The molecule has 0 spiro atoms. The van der Waals surface area contributed by atoms with Gasteiger partial charge in [-0.3, -0.25) is 0 Å². The summed E-state index contributed by atoms with van der Waals surface area (Å²) in [6, 6.07) is 13.5. The van der Waals surface area contributed by atoms with E-state index in [4.69, 9.17) is 0 Å². The summed E-state index contributed by atoms with van der Waals surface area (Å²) in [6.45, 7) is 1.84. The predicted octanol–water partition coefficient (Wildman–Crippen LogP) is 3.60. The lowest BCUT2D eigenvalue weighted by Crippen LogP contribution is -2.34. The molecular weight excluding hydrogens is 370 g/mol. The van der Waals surface area contributed by atoms with Crippen LogP contribution in [0.2, 0.25) is 0 Å². The van der Waals surface area contributed by atoms with Crippen molar-refractivity contribution in [3.8, 4) is 0 Å². The molecule has 0 radical (unpaired) electrons. The van der Waals surface area contributed by atoms with Gasteiger partial charge in [-0.2, -0.15) is 0 Å². The van der Waals surface area contributed by atoms with Crippen LogP contribution in [0, 0.1) is 0 Å². The van der Waals surface area contributed by atoms with Crippen LogP contribution in [-0.2, 0) is 21.2 Å². The Balaban J connectivity index is 1.73. The van der Waals surface area contributed by atoms with Crippen molar-refractivity contribution in [2.45, 2.75) is 24.3 Å². The average Bonchev–Trinajstić information content (AvgIpc) is 3.03. The number of methoxy groups -OCH3 is 1. The molecule has 0 bridgehead atoms. The van der Waals surface area contributed by atoms with Crippen LogP contribution in [0.5, 0.6) is 0 Å². The van der Waals surface area contributed by atoms with Gasteiger partial charge < -0.3 is 4.74 Å². The van der Waals surface area contributed by atoms with E-state index < -0.39 is 16.0 Å². The Hall–Kier alpha value is -2.22. The lowest BCUT2D eigenvalue weighted by atomic mass is 10.1. The highest BCUT2D eigenvalue weighted by Crippen LogP contribution is 2.26. The molecule has 2 aromatic carbocycles. The third kappa shape index (κ3) is 3.95. The van der Waals surface area contributed by atoms with Crippen molar-refractivity contribution >= 4 is 37.4 Å². The molecule has 5 nitrogen and oxygen atoms in total. The monoisotopic (exact) mass is 389 g/mol. The summed E-state index contributed by atoms with van der Waals surface area (Å²) in [4.78, 5) is 11.6. The molecule has 0 aliphatic carbocycles. The lowest BCUT2D eigenvalue weighted by molar-refractivity contribution is 0.0600. The average molecular weight is 389 g/mol. The number of sulfonamides is 1. The molecule has 1 N–H and O–H groups in total. The van der Waals surface area contributed by atoms with Crippen LogP contribution in [0.3, 0.4) is 0 Å². The summed E-state index contributed by atoms with van der Waals surface area (Å²) < 4.78 is 33.6. The van der Waals surface area contributed by atoms with E-state index in [2.05, 4.69) is 20.9 Å². The van der Waals surface area contributed by atoms with Crippen LogP contribution in [0.15, 0.2) is 58.8 Å². The number of nitrogens with one attached hydrogen (secondary N) is 1. The van der Waals surface area contributed by atoms with Gasteiger partial charge in [-0.25, -0.2) is 17.9 Å². The van der Waals surface area contributed by atoms with Gasteiger partial charge >= 0.3 is 5.97 Å². The Morgan fingerprint density at radius 1 is 1.15 bits per heavy atom. The topological polar surface area (TPSA) is 72.5 Å². The van der Waals surface area contributed by atoms with Crippen molar-refractivity contribution in [2.24, 2.45) is 0 Å². The van der Waals surface area contributed by atoms with Gasteiger partial charge in [0.1, 0.15) is 0 Å². The maximum atomic E-state index is 12.6. The first kappa shape index (κ1) is 18.6. The van der Waals surface area contributed by atoms with Gasteiger partial charge in [0.05, 0.1) is 17.6 Å². The minimum atomic E-state index is -3.66. The van der Waals surface area contributed by atoms with Crippen LogP contribution < -0.4 is 4.72 Å². The quantitative estimate of drug-likeness (QED) is 0.654. The van der Waals surface area contributed by atoms with Gasteiger partial charge in [-0.1, -0.05) is 18.2 Å². The highest BCUT2D eigenvalue weighted by molar-refractivity contribution is 7.89. The molecule has 1 atom stereocenters. The number of benzene rings is 2. The Bertz CT molecular complexity index is 1020. The fraction of sp³-hybridized carbons (Fsp3) is 0.211. The second-order valence-electron chi connectivity index (χ2n) is 6.00. The van der Waals surface area contributed by atoms with Crippen molar-refractivity contribution in [3.05, 3.63) is 65.0 Å². The summed E-state index contributed by atoms with van der Waals surface area (Å²) in [6.07, 6.45) is 0.601. The first-order chi connectivity index (χ1) is 12.4. The van der Waals surface area contributed by atoms with E-state index in [0.29, 0.717) is 12.0 Å². The zero-order valence-corrected chi connectivity index (χ0v) is 16.1. The molecule has 0 aliphatic rings. The molecule has 3 aromatic rings. The molecule has 0 unspecified atom stereocenters. The van der Waals surface area contributed by atoms with E-state index in [9.17, 15) is 13.2 Å². The fourth-order valence-electron chi connectivity index (χ4n) is 2.78. The Morgan fingerprint density at radius 3 is 2.54 bits per heavy atom. The first-order valence-corrected chi connectivity index (χ1v) is 10.4. The smallest absolute Gasteiger partial charge is 0.337 e. The second kappa shape index (κ2) is 7.57. The summed E-state index contributed by atoms with van der Waals surface area (Å²) in [5, 5.41) is 3.23. The Morgan fingerprint density at radius 2 is 1.85 bits per heavy atom. The molecule has 1 aromatic heterocycles. The molecule has 0 saturated heterocycles. The normalized spacial score (nSPS) is 12.8. The zero-order chi connectivity index (χ0) is 18.7. The van der Waals surface area contributed by atoms with Crippen molar-refractivity contribution in [2.75, 3.05) is 7.11 Å². The van der Waals surface area contributed by atoms with E-state index in [1.54, 1.807) is 11.3 Å². The number of ether oxygens (including phenoxy) is 1. The van der Waals surface area contributed by atoms with Crippen LogP contribution in [0.4, 0.5) is 0 Å². The Kier molecular flexibility index (Phi) is 5.41. The first-order valence-electron chi connectivity index (χ1n) is 8.06. The molecule has 0 fully saturated rings. The van der Waals surface area contributed by atoms with E-state index in [0.717, 1.165) is 10.9 Å². The molecule has 1 heterocycles. The number of thiophene rings is 1. The molecular formula is C19H19NO4S2. The molecule has 0 amide bonds. The second-order valence-corrected chi connectivity index (χ2v) is 8.62. The maximum Gasteiger partial charge on any atom is 0.337 e. The van der Waals surface area contributed by atoms with E-state index >= 15 is 0 Å².